The standard InChI is InChI=1S/C23H24N2O3/c1-4-9-19(23(27)28-3)20-15(2)24-22(16-10-6-5-7-11-16)25-21(20)17-12-8-13-18(26)14-17/h5-8,10-14,19,26H,4,9H2,1-3H3. The van der Waals surface area contributed by atoms with Gasteiger partial charge >= 0.3 is 5.97 Å². The van der Waals surface area contributed by atoms with Crippen molar-refractivity contribution >= 4 is 5.97 Å². The van der Waals surface area contributed by atoms with Crippen LogP contribution in [0.5, 0.6) is 5.75 Å². The number of aromatic hydroxyl groups is 1. The van der Waals surface area contributed by atoms with Crippen molar-refractivity contribution in [2.24, 2.45) is 0 Å². The summed E-state index contributed by atoms with van der Waals surface area (Å²) < 4.78 is 5.06. The quantitative estimate of drug-likeness (QED) is 0.621. The van der Waals surface area contributed by atoms with Crippen LogP contribution in [-0.2, 0) is 9.53 Å². The lowest BCUT2D eigenvalue weighted by molar-refractivity contribution is -0.142. The van der Waals surface area contributed by atoms with E-state index in [1.165, 1.54) is 7.11 Å². The molecule has 1 N–H and O–H groups in total. The third kappa shape index (κ3) is 4.03. The average molecular weight is 376 g/mol. The topological polar surface area (TPSA) is 72.3 Å². The molecule has 1 unspecified atom stereocenters. The van der Waals surface area contributed by atoms with E-state index in [1.54, 1.807) is 18.2 Å². The minimum absolute atomic E-state index is 0.145. The third-order valence-electron chi connectivity index (χ3n) is 4.70. The zero-order valence-corrected chi connectivity index (χ0v) is 16.3. The molecule has 0 saturated carbocycles. The molecule has 0 saturated heterocycles. The van der Waals surface area contributed by atoms with Crippen LogP contribution < -0.4 is 0 Å². The van der Waals surface area contributed by atoms with Crippen LogP contribution in [0.25, 0.3) is 22.6 Å². The first-order valence-corrected chi connectivity index (χ1v) is 9.36. The van der Waals surface area contributed by atoms with Gasteiger partial charge in [-0.05, 0) is 25.5 Å². The van der Waals surface area contributed by atoms with Crippen molar-refractivity contribution < 1.29 is 14.6 Å². The molecule has 2 aromatic carbocycles. The summed E-state index contributed by atoms with van der Waals surface area (Å²) in [4.78, 5) is 22.0. The van der Waals surface area contributed by atoms with E-state index in [0.29, 0.717) is 17.9 Å². The van der Waals surface area contributed by atoms with Crippen LogP contribution in [0.3, 0.4) is 0 Å². The maximum atomic E-state index is 12.5. The SMILES string of the molecule is CCCC(C(=O)OC)c1c(C)nc(-c2ccccc2)nc1-c1cccc(O)c1. The highest BCUT2D eigenvalue weighted by Crippen LogP contribution is 2.35. The molecule has 28 heavy (non-hydrogen) atoms. The molecule has 0 aliphatic heterocycles. The molecule has 5 heteroatoms. The monoisotopic (exact) mass is 376 g/mol. The minimum atomic E-state index is -0.461. The molecule has 3 aromatic rings. The number of nitrogens with zero attached hydrogens (tertiary/aromatic N) is 2. The summed E-state index contributed by atoms with van der Waals surface area (Å²) in [5.74, 6) is -0.0361. The fourth-order valence-electron chi connectivity index (χ4n) is 3.40. The average Bonchev–Trinajstić information content (AvgIpc) is 2.72. The fourth-order valence-corrected chi connectivity index (χ4v) is 3.40. The largest absolute Gasteiger partial charge is 0.508 e. The highest BCUT2D eigenvalue weighted by Gasteiger charge is 2.28. The molecule has 0 spiro atoms. The van der Waals surface area contributed by atoms with Gasteiger partial charge in [-0.1, -0.05) is 55.8 Å². The zero-order valence-electron chi connectivity index (χ0n) is 16.3. The van der Waals surface area contributed by atoms with Gasteiger partial charge in [-0.3, -0.25) is 4.79 Å². The number of methoxy groups -OCH3 is 1. The summed E-state index contributed by atoms with van der Waals surface area (Å²) in [6, 6.07) is 16.6. The molecule has 0 amide bonds. The van der Waals surface area contributed by atoms with E-state index in [4.69, 9.17) is 14.7 Å². The van der Waals surface area contributed by atoms with Crippen molar-refractivity contribution in [2.45, 2.75) is 32.6 Å². The van der Waals surface area contributed by atoms with Crippen molar-refractivity contribution in [2.75, 3.05) is 7.11 Å². The molecule has 144 valence electrons. The minimum Gasteiger partial charge on any atom is -0.508 e. The summed E-state index contributed by atoms with van der Waals surface area (Å²) in [6.07, 6.45) is 1.45. The van der Waals surface area contributed by atoms with Crippen molar-refractivity contribution in [1.82, 2.24) is 9.97 Å². The van der Waals surface area contributed by atoms with Gasteiger partial charge in [0.15, 0.2) is 5.82 Å². The van der Waals surface area contributed by atoms with E-state index in [-0.39, 0.29) is 11.7 Å². The number of hydrogen-bond acceptors (Lipinski definition) is 5. The van der Waals surface area contributed by atoms with E-state index >= 15 is 0 Å². The zero-order chi connectivity index (χ0) is 20.1. The number of aryl methyl sites for hydroxylation is 1. The highest BCUT2D eigenvalue weighted by atomic mass is 16.5. The molecule has 1 aromatic heterocycles. The van der Waals surface area contributed by atoms with Gasteiger partial charge < -0.3 is 9.84 Å². The second-order valence-corrected chi connectivity index (χ2v) is 6.68. The molecule has 5 nitrogen and oxygen atoms in total. The van der Waals surface area contributed by atoms with Crippen LogP contribution in [0.15, 0.2) is 54.6 Å². The van der Waals surface area contributed by atoms with E-state index in [1.807, 2.05) is 50.2 Å². The van der Waals surface area contributed by atoms with Gasteiger partial charge in [-0.15, -0.1) is 0 Å². The first-order chi connectivity index (χ1) is 13.5. The van der Waals surface area contributed by atoms with Gasteiger partial charge in [0.25, 0.3) is 0 Å². The van der Waals surface area contributed by atoms with Crippen molar-refractivity contribution in [3.63, 3.8) is 0 Å². The van der Waals surface area contributed by atoms with E-state index in [0.717, 1.165) is 28.8 Å². The predicted octanol–water partition coefficient (Wildman–Crippen LogP) is 4.88. The van der Waals surface area contributed by atoms with Gasteiger partial charge in [-0.2, -0.15) is 0 Å². The number of phenolic OH excluding ortho intramolecular Hbond substituents is 1. The normalized spacial score (nSPS) is 11.8. The van der Waals surface area contributed by atoms with Crippen molar-refractivity contribution in [3.05, 3.63) is 65.9 Å². The second-order valence-electron chi connectivity index (χ2n) is 6.68. The number of aromatic nitrogens is 2. The van der Waals surface area contributed by atoms with Crippen LogP contribution >= 0.6 is 0 Å². The van der Waals surface area contributed by atoms with Gasteiger partial charge in [-0.25, -0.2) is 9.97 Å². The first-order valence-electron chi connectivity index (χ1n) is 9.36. The summed E-state index contributed by atoms with van der Waals surface area (Å²) in [6.45, 7) is 3.92. The molecule has 0 fully saturated rings. The summed E-state index contributed by atoms with van der Waals surface area (Å²) in [5, 5.41) is 9.98. The highest BCUT2D eigenvalue weighted by molar-refractivity contribution is 5.82. The Labute approximate surface area is 165 Å². The molecule has 1 atom stereocenters. The van der Waals surface area contributed by atoms with Gasteiger partial charge in [0.1, 0.15) is 5.75 Å². The summed E-state index contributed by atoms with van der Waals surface area (Å²) in [5.41, 5.74) is 3.76. The fraction of sp³-hybridized carbons (Fsp3) is 0.261. The number of carbonyl (C=O) groups excluding carboxylic acids is 1. The Morgan fingerprint density at radius 1 is 1.07 bits per heavy atom. The maximum Gasteiger partial charge on any atom is 0.313 e. The smallest absolute Gasteiger partial charge is 0.313 e. The maximum absolute atomic E-state index is 12.5. The summed E-state index contributed by atoms with van der Waals surface area (Å²) in [7, 11) is 1.40. The van der Waals surface area contributed by atoms with Crippen LogP contribution in [0.2, 0.25) is 0 Å². The van der Waals surface area contributed by atoms with Crippen LogP contribution in [0.4, 0.5) is 0 Å². The molecule has 0 bridgehead atoms. The van der Waals surface area contributed by atoms with Gasteiger partial charge in [0, 0.05) is 22.4 Å². The lowest BCUT2D eigenvalue weighted by Gasteiger charge is -2.20. The third-order valence-corrected chi connectivity index (χ3v) is 4.70. The molecule has 0 aliphatic rings. The first kappa shape index (κ1) is 19.5. The molecular formula is C23H24N2O3. The van der Waals surface area contributed by atoms with Gasteiger partial charge in [0.2, 0.25) is 0 Å². The Hall–Kier alpha value is -3.21. The Bertz CT molecular complexity index is 971. The Morgan fingerprint density at radius 3 is 2.43 bits per heavy atom. The van der Waals surface area contributed by atoms with E-state index in [2.05, 4.69) is 0 Å². The van der Waals surface area contributed by atoms with Crippen LogP contribution in [-0.4, -0.2) is 28.2 Å². The van der Waals surface area contributed by atoms with Crippen LogP contribution in [0.1, 0.15) is 36.9 Å². The number of benzene rings is 2. The molecule has 1 heterocycles. The van der Waals surface area contributed by atoms with Gasteiger partial charge in [0.05, 0.1) is 18.7 Å². The van der Waals surface area contributed by atoms with E-state index < -0.39 is 5.92 Å². The molecule has 0 aliphatic carbocycles. The molecular weight excluding hydrogens is 352 g/mol. The lowest BCUT2D eigenvalue weighted by atomic mass is 9.89. The lowest BCUT2D eigenvalue weighted by Crippen LogP contribution is -2.18. The number of carbonyl (C=O) groups is 1. The van der Waals surface area contributed by atoms with Crippen molar-refractivity contribution in [1.29, 1.82) is 0 Å². The second kappa shape index (κ2) is 8.65. The molecule has 0 radical (unpaired) electrons. The van der Waals surface area contributed by atoms with E-state index in [9.17, 15) is 9.90 Å². The molecule has 3 rings (SSSR count). The van der Waals surface area contributed by atoms with Crippen LogP contribution in [0, 0.1) is 6.92 Å². The Balaban J connectivity index is 2.27. The summed E-state index contributed by atoms with van der Waals surface area (Å²) >= 11 is 0. The number of ether oxygens (including phenoxy) is 1. The number of rotatable bonds is 6. The number of hydrogen-bond donors (Lipinski definition) is 1. The number of esters is 1. The Kier molecular flexibility index (Phi) is 6.04. The Morgan fingerprint density at radius 2 is 1.79 bits per heavy atom. The predicted molar refractivity (Wildman–Crippen MR) is 109 cm³/mol. The number of phenols is 1. The van der Waals surface area contributed by atoms with Crippen molar-refractivity contribution in [3.8, 4) is 28.4 Å².